The zero-order valence-corrected chi connectivity index (χ0v) is 15.7. The minimum atomic E-state index is -0.824. The highest BCUT2D eigenvalue weighted by atomic mass is 35.5. The van der Waals surface area contributed by atoms with Gasteiger partial charge in [-0.15, -0.1) is 0 Å². The van der Waals surface area contributed by atoms with Gasteiger partial charge < -0.3 is 15.4 Å². The molecule has 0 unspecified atom stereocenters. The lowest BCUT2D eigenvalue weighted by Crippen LogP contribution is -2.46. The van der Waals surface area contributed by atoms with Gasteiger partial charge in [-0.1, -0.05) is 11.6 Å². The molecule has 0 heterocycles. The second-order valence-corrected chi connectivity index (χ2v) is 6.91. The molecule has 0 saturated heterocycles. The normalized spacial score (nSPS) is 14.8. The Bertz CT molecular complexity index is 721. The number of nitriles is 1. The Hall–Kier alpha value is -2.59. The molecule has 2 N–H and O–H groups in total. The molecule has 144 valence electrons. The summed E-state index contributed by atoms with van der Waals surface area (Å²) in [6, 6.07) is 8.62. The third kappa shape index (κ3) is 6.57. The van der Waals surface area contributed by atoms with E-state index in [2.05, 4.69) is 16.7 Å². The van der Waals surface area contributed by atoms with Crippen LogP contribution >= 0.6 is 11.6 Å². The van der Waals surface area contributed by atoms with E-state index in [1.54, 1.807) is 24.3 Å². The zero-order valence-electron chi connectivity index (χ0n) is 14.9. The summed E-state index contributed by atoms with van der Waals surface area (Å²) >= 11 is 5.77. The van der Waals surface area contributed by atoms with Crippen LogP contribution in [0.3, 0.4) is 0 Å². The van der Waals surface area contributed by atoms with Gasteiger partial charge in [-0.05, 0) is 56.4 Å². The summed E-state index contributed by atoms with van der Waals surface area (Å²) in [5, 5.41) is 15.1. The highest BCUT2D eigenvalue weighted by Gasteiger charge is 2.35. The number of halogens is 1. The molecule has 1 fully saturated rings. The Morgan fingerprint density at radius 3 is 2.48 bits per heavy atom. The minimum Gasteiger partial charge on any atom is -0.456 e. The molecular formula is C19H22ClN3O4. The number of benzene rings is 1. The summed E-state index contributed by atoms with van der Waals surface area (Å²) in [5.41, 5.74) is -0.341. The molecule has 0 atom stereocenters. The van der Waals surface area contributed by atoms with E-state index in [1.165, 1.54) is 0 Å². The predicted molar refractivity (Wildman–Crippen MR) is 98.9 cm³/mol. The molecule has 1 saturated carbocycles. The highest BCUT2D eigenvalue weighted by molar-refractivity contribution is 6.30. The predicted octanol–water partition coefficient (Wildman–Crippen LogP) is 2.35. The Balaban J connectivity index is 1.60. The van der Waals surface area contributed by atoms with E-state index < -0.39 is 24.0 Å². The van der Waals surface area contributed by atoms with Crippen molar-refractivity contribution in [1.82, 2.24) is 10.6 Å². The number of nitrogens with one attached hydrogen (secondary N) is 2. The van der Waals surface area contributed by atoms with E-state index in [0.29, 0.717) is 36.4 Å². The van der Waals surface area contributed by atoms with Crippen LogP contribution in [0, 0.1) is 11.3 Å². The van der Waals surface area contributed by atoms with Crippen molar-refractivity contribution in [2.45, 2.75) is 44.1 Å². The van der Waals surface area contributed by atoms with Crippen LogP contribution in [0.25, 0.3) is 0 Å². The number of rotatable bonds is 8. The van der Waals surface area contributed by atoms with E-state index in [0.717, 1.165) is 12.8 Å². The molecular weight excluding hydrogens is 370 g/mol. The zero-order chi connectivity index (χ0) is 19.7. The molecule has 1 aromatic rings. The van der Waals surface area contributed by atoms with Gasteiger partial charge in [0.1, 0.15) is 5.54 Å². The van der Waals surface area contributed by atoms with Crippen LogP contribution in [0.4, 0.5) is 0 Å². The number of esters is 1. The maximum atomic E-state index is 11.9. The molecule has 1 aliphatic rings. The van der Waals surface area contributed by atoms with Gasteiger partial charge in [-0.2, -0.15) is 5.26 Å². The van der Waals surface area contributed by atoms with Gasteiger partial charge in [-0.25, -0.2) is 0 Å². The number of hydrogen-bond acceptors (Lipinski definition) is 5. The van der Waals surface area contributed by atoms with Crippen molar-refractivity contribution in [1.29, 1.82) is 5.26 Å². The van der Waals surface area contributed by atoms with E-state index in [9.17, 15) is 19.6 Å². The van der Waals surface area contributed by atoms with Crippen molar-refractivity contribution < 1.29 is 19.1 Å². The van der Waals surface area contributed by atoms with Crippen molar-refractivity contribution in [2.24, 2.45) is 0 Å². The van der Waals surface area contributed by atoms with E-state index in [1.807, 2.05) is 0 Å². The molecule has 7 nitrogen and oxygen atoms in total. The Kier molecular flexibility index (Phi) is 7.62. The van der Waals surface area contributed by atoms with Gasteiger partial charge in [0.05, 0.1) is 6.07 Å². The molecule has 1 aliphatic carbocycles. The lowest BCUT2D eigenvalue weighted by atomic mass is 10.00. The smallest absolute Gasteiger partial charge is 0.306 e. The van der Waals surface area contributed by atoms with Crippen LogP contribution in [0.15, 0.2) is 24.3 Å². The number of ether oxygens (including phenoxy) is 1. The average Bonchev–Trinajstić information content (AvgIpc) is 3.13. The number of amides is 2. The number of carbonyl (C=O) groups excluding carboxylic acids is 3. The molecule has 0 aromatic heterocycles. The molecule has 2 amide bonds. The lowest BCUT2D eigenvalue weighted by Gasteiger charge is -2.21. The first kappa shape index (κ1) is 20.7. The lowest BCUT2D eigenvalue weighted by molar-refractivity contribution is -0.149. The van der Waals surface area contributed by atoms with E-state index in [4.69, 9.17) is 16.3 Å². The fourth-order valence-electron chi connectivity index (χ4n) is 2.90. The second-order valence-electron chi connectivity index (χ2n) is 6.48. The van der Waals surface area contributed by atoms with Crippen LogP contribution < -0.4 is 10.6 Å². The van der Waals surface area contributed by atoms with Crippen LogP contribution in [-0.4, -0.2) is 36.5 Å². The third-order valence-electron chi connectivity index (χ3n) is 4.36. The summed E-state index contributed by atoms with van der Waals surface area (Å²) in [4.78, 5) is 35.4. The first-order chi connectivity index (χ1) is 12.9. The molecule has 0 radical (unpaired) electrons. The number of carbonyl (C=O) groups is 3. The van der Waals surface area contributed by atoms with Gasteiger partial charge in [-0.3, -0.25) is 14.4 Å². The highest BCUT2D eigenvalue weighted by Crippen LogP contribution is 2.28. The summed E-state index contributed by atoms with van der Waals surface area (Å²) in [7, 11) is 0. The summed E-state index contributed by atoms with van der Waals surface area (Å²) in [6.45, 7) is -0.0975. The van der Waals surface area contributed by atoms with Crippen molar-refractivity contribution in [3.05, 3.63) is 34.9 Å². The van der Waals surface area contributed by atoms with Crippen LogP contribution in [0.2, 0.25) is 5.02 Å². The Morgan fingerprint density at radius 1 is 1.19 bits per heavy atom. The van der Waals surface area contributed by atoms with Crippen molar-refractivity contribution in [2.75, 3.05) is 13.2 Å². The molecule has 27 heavy (non-hydrogen) atoms. The standard InChI is InChI=1S/C19H22ClN3O4/c20-15-7-5-14(6-8-15)18(26)22-11-3-4-17(25)27-12-16(24)23-19(13-21)9-1-2-10-19/h5-8H,1-4,9-12H2,(H,22,26)(H,23,24). The SMILES string of the molecule is N#CC1(NC(=O)COC(=O)CCCNC(=O)c2ccc(Cl)cc2)CCCC1. The summed E-state index contributed by atoms with van der Waals surface area (Å²) < 4.78 is 4.92. The monoisotopic (exact) mass is 391 g/mol. The van der Waals surface area contributed by atoms with Gasteiger partial charge >= 0.3 is 5.97 Å². The maximum absolute atomic E-state index is 11.9. The first-order valence-electron chi connectivity index (χ1n) is 8.86. The van der Waals surface area contributed by atoms with Crippen molar-refractivity contribution in [3.8, 4) is 6.07 Å². The average molecular weight is 392 g/mol. The summed E-state index contributed by atoms with van der Waals surface area (Å²) in [5.74, 6) is -1.25. The molecule has 8 heteroatoms. The van der Waals surface area contributed by atoms with Gasteiger partial charge in [0, 0.05) is 23.6 Å². The van der Waals surface area contributed by atoms with Crippen molar-refractivity contribution >= 4 is 29.4 Å². The fourth-order valence-corrected chi connectivity index (χ4v) is 3.03. The molecule has 1 aromatic carbocycles. The van der Waals surface area contributed by atoms with Gasteiger partial charge in [0.25, 0.3) is 11.8 Å². The van der Waals surface area contributed by atoms with E-state index >= 15 is 0 Å². The van der Waals surface area contributed by atoms with Crippen LogP contribution in [0.5, 0.6) is 0 Å². The van der Waals surface area contributed by atoms with Crippen molar-refractivity contribution in [3.63, 3.8) is 0 Å². The number of nitrogens with zero attached hydrogens (tertiary/aromatic N) is 1. The molecule has 0 spiro atoms. The molecule has 0 bridgehead atoms. The first-order valence-corrected chi connectivity index (χ1v) is 9.23. The third-order valence-corrected chi connectivity index (χ3v) is 4.62. The van der Waals surface area contributed by atoms with E-state index in [-0.39, 0.29) is 12.3 Å². The summed E-state index contributed by atoms with van der Waals surface area (Å²) in [6.07, 6.45) is 3.51. The quantitative estimate of drug-likeness (QED) is 0.522. The maximum Gasteiger partial charge on any atom is 0.306 e. The fraction of sp³-hybridized carbons (Fsp3) is 0.474. The second kappa shape index (κ2) is 9.93. The largest absolute Gasteiger partial charge is 0.456 e. The topological polar surface area (TPSA) is 108 Å². The Morgan fingerprint density at radius 2 is 1.85 bits per heavy atom. The van der Waals surface area contributed by atoms with Gasteiger partial charge in [0.15, 0.2) is 6.61 Å². The minimum absolute atomic E-state index is 0.0809. The van der Waals surface area contributed by atoms with Crippen LogP contribution in [0.1, 0.15) is 48.9 Å². The molecule has 0 aliphatic heterocycles. The van der Waals surface area contributed by atoms with Gasteiger partial charge in [0.2, 0.25) is 0 Å². The molecule has 2 rings (SSSR count). The van der Waals surface area contributed by atoms with Crippen LogP contribution in [-0.2, 0) is 14.3 Å². The Labute approximate surface area is 163 Å². The number of hydrogen-bond donors (Lipinski definition) is 2.